The Morgan fingerprint density at radius 3 is 2.14 bits per heavy atom. The number of benzene rings is 2. The van der Waals surface area contributed by atoms with Crippen LogP contribution in [0.4, 0.5) is 0 Å². The van der Waals surface area contributed by atoms with Crippen LogP contribution in [0.5, 0.6) is 5.75 Å². The van der Waals surface area contributed by atoms with Crippen molar-refractivity contribution >= 4 is 23.0 Å². The maximum Gasteiger partial charge on any atom is 0.223 e. The van der Waals surface area contributed by atoms with E-state index < -0.39 is 5.92 Å². The maximum atomic E-state index is 13.4. The van der Waals surface area contributed by atoms with Crippen molar-refractivity contribution in [1.82, 2.24) is 20.2 Å². The molecule has 0 aliphatic heterocycles. The summed E-state index contributed by atoms with van der Waals surface area (Å²) in [6, 6.07) is 20.0. The van der Waals surface area contributed by atoms with Gasteiger partial charge in [-0.2, -0.15) is 0 Å². The minimum absolute atomic E-state index is 0.0130. The highest BCUT2D eigenvalue weighted by Gasteiger charge is 2.25. The molecule has 7 nitrogen and oxygen atoms in total. The Labute approximate surface area is 297 Å². The number of unbranched alkanes of at least 4 members (excludes halogenated alkanes) is 4. The largest absolute Gasteiger partial charge is 0.494 e. The summed E-state index contributed by atoms with van der Waals surface area (Å²) in [6.45, 7) is 10.9. The van der Waals surface area contributed by atoms with Gasteiger partial charge in [0.15, 0.2) is 11.6 Å². The second-order valence-electron chi connectivity index (χ2n) is 14.2. The highest BCUT2D eigenvalue weighted by molar-refractivity contribution is 7.14. The van der Waals surface area contributed by atoms with Crippen LogP contribution in [-0.4, -0.2) is 60.4 Å². The van der Waals surface area contributed by atoms with Gasteiger partial charge in [-0.05, 0) is 80.7 Å². The van der Waals surface area contributed by atoms with Gasteiger partial charge in [-0.15, -0.1) is 11.3 Å². The van der Waals surface area contributed by atoms with E-state index in [1.54, 1.807) is 0 Å². The molecule has 0 bridgehead atoms. The minimum Gasteiger partial charge on any atom is -0.494 e. The number of aromatic nitrogens is 2. The summed E-state index contributed by atoms with van der Waals surface area (Å²) < 4.78 is 5.91. The molecule has 49 heavy (non-hydrogen) atoms. The van der Waals surface area contributed by atoms with Crippen molar-refractivity contribution < 1.29 is 14.3 Å². The number of amides is 1. The molecule has 4 aromatic rings. The average Bonchev–Trinajstić information content (AvgIpc) is 3.60. The standard InChI is InChI=1S/C41H54N4O3S/c1-7-8-9-10-11-25-48-35-19-17-31(18-20-35)34-28-43-39(44-29-34)32-15-13-30(14-16-32)26-33(40(47)42-23-12-24-45(5)6)27-36(46)37-21-22-38(49-37)41(2,3)4/h13-22,28-29,33H,7-12,23-27H2,1-6H3,(H,42,47)/t33-/m1/s1. The highest BCUT2D eigenvalue weighted by atomic mass is 32.1. The fourth-order valence-electron chi connectivity index (χ4n) is 5.56. The zero-order valence-electron chi connectivity index (χ0n) is 30.3. The lowest BCUT2D eigenvalue weighted by Crippen LogP contribution is -2.35. The molecule has 8 heteroatoms. The third-order valence-electron chi connectivity index (χ3n) is 8.55. The predicted octanol–water partition coefficient (Wildman–Crippen LogP) is 9.02. The molecule has 1 atom stereocenters. The second-order valence-corrected chi connectivity index (χ2v) is 15.3. The molecule has 0 saturated heterocycles. The van der Waals surface area contributed by atoms with Crippen LogP contribution in [0.2, 0.25) is 0 Å². The first-order valence-electron chi connectivity index (χ1n) is 17.7. The van der Waals surface area contributed by atoms with E-state index in [4.69, 9.17) is 4.74 Å². The third-order valence-corrected chi connectivity index (χ3v) is 10.1. The molecule has 262 valence electrons. The van der Waals surface area contributed by atoms with Gasteiger partial charge in [0.2, 0.25) is 5.91 Å². The Morgan fingerprint density at radius 1 is 0.837 bits per heavy atom. The van der Waals surface area contributed by atoms with Gasteiger partial charge in [0.25, 0.3) is 0 Å². The summed E-state index contributed by atoms with van der Waals surface area (Å²) in [6.07, 6.45) is 11.3. The zero-order valence-corrected chi connectivity index (χ0v) is 31.1. The first-order chi connectivity index (χ1) is 23.5. The van der Waals surface area contributed by atoms with Gasteiger partial charge in [0, 0.05) is 47.3 Å². The molecule has 0 unspecified atom stereocenters. The predicted molar refractivity (Wildman–Crippen MR) is 202 cm³/mol. The Hall–Kier alpha value is -3.88. The molecule has 1 N–H and O–H groups in total. The van der Waals surface area contributed by atoms with Crippen molar-refractivity contribution in [1.29, 1.82) is 0 Å². The maximum absolute atomic E-state index is 13.4. The number of thiophene rings is 1. The number of rotatable bonds is 19. The molecule has 1 amide bonds. The zero-order chi connectivity index (χ0) is 35.2. The van der Waals surface area contributed by atoms with E-state index >= 15 is 0 Å². The van der Waals surface area contributed by atoms with Crippen LogP contribution < -0.4 is 10.1 Å². The summed E-state index contributed by atoms with van der Waals surface area (Å²) in [5, 5.41) is 3.08. The highest BCUT2D eigenvalue weighted by Crippen LogP contribution is 2.31. The molecule has 2 aromatic heterocycles. The molecule has 0 fully saturated rings. The van der Waals surface area contributed by atoms with Crippen molar-refractivity contribution in [3.8, 4) is 28.3 Å². The van der Waals surface area contributed by atoms with E-state index in [9.17, 15) is 9.59 Å². The number of hydrogen-bond donors (Lipinski definition) is 1. The van der Waals surface area contributed by atoms with E-state index in [0.717, 1.165) is 58.9 Å². The molecular weight excluding hydrogens is 629 g/mol. The molecule has 0 spiro atoms. The van der Waals surface area contributed by atoms with Crippen molar-refractivity contribution in [3.63, 3.8) is 0 Å². The van der Waals surface area contributed by atoms with Crippen LogP contribution in [0.1, 0.15) is 92.8 Å². The van der Waals surface area contributed by atoms with Gasteiger partial charge in [-0.3, -0.25) is 9.59 Å². The molecule has 4 rings (SSSR count). The van der Waals surface area contributed by atoms with Crippen molar-refractivity contribution in [2.75, 3.05) is 33.8 Å². The monoisotopic (exact) mass is 682 g/mol. The van der Waals surface area contributed by atoms with Crippen LogP contribution in [0, 0.1) is 5.92 Å². The number of nitrogens with one attached hydrogen (secondary N) is 1. The Bertz CT molecular complexity index is 1590. The van der Waals surface area contributed by atoms with E-state index in [2.05, 4.69) is 47.9 Å². The van der Waals surface area contributed by atoms with Crippen LogP contribution in [0.15, 0.2) is 73.1 Å². The summed E-state index contributed by atoms with van der Waals surface area (Å²) >= 11 is 1.53. The first-order valence-corrected chi connectivity index (χ1v) is 18.6. The van der Waals surface area contributed by atoms with E-state index in [-0.39, 0.29) is 23.5 Å². The van der Waals surface area contributed by atoms with Crippen LogP contribution in [-0.2, 0) is 16.6 Å². The van der Waals surface area contributed by atoms with Crippen molar-refractivity contribution in [2.24, 2.45) is 5.92 Å². The fourth-order valence-corrected chi connectivity index (χ4v) is 6.58. The van der Waals surface area contributed by atoms with Gasteiger partial charge in [-0.1, -0.05) is 89.8 Å². The lowest BCUT2D eigenvalue weighted by Gasteiger charge is -2.17. The summed E-state index contributed by atoms with van der Waals surface area (Å²) in [5.74, 6) is 0.988. The fraction of sp³-hybridized carbons (Fsp3) is 0.463. The van der Waals surface area contributed by atoms with Crippen LogP contribution in [0.25, 0.3) is 22.5 Å². The Kier molecular flexibility index (Phi) is 14.5. The Morgan fingerprint density at radius 2 is 1.51 bits per heavy atom. The average molecular weight is 683 g/mol. The van der Waals surface area contributed by atoms with Gasteiger partial charge < -0.3 is 15.0 Å². The third kappa shape index (κ3) is 12.2. The van der Waals surface area contributed by atoms with Gasteiger partial charge in [0.1, 0.15) is 5.75 Å². The number of carbonyl (C=O) groups is 2. The molecule has 2 aromatic carbocycles. The quantitative estimate of drug-likeness (QED) is 0.0785. The van der Waals surface area contributed by atoms with Crippen LogP contribution in [0.3, 0.4) is 0 Å². The first kappa shape index (κ1) is 37.9. The SMILES string of the molecule is CCCCCCCOc1ccc(-c2cnc(-c3ccc(C[C@H](CC(=O)c4ccc(C(C)(C)C)s4)C(=O)NCCCN(C)C)cc3)nc2)cc1. The molecule has 0 aliphatic carbocycles. The lowest BCUT2D eigenvalue weighted by molar-refractivity contribution is -0.124. The number of ketones is 1. The van der Waals surface area contributed by atoms with Crippen molar-refractivity contribution in [3.05, 3.63) is 88.4 Å². The smallest absolute Gasteiger partial charge is 0.223 e. The van der Waals surface area contributed by atoms with E-state index in [1.165, 1.54) is 37.0 Å². The number of hydrogen-bond acceptors (Lipinski definition) is 7. The Balaban J connectivity index is 1.38. The number of ether oxygens (including phenoxy) is 1. The summed E-state index contributed by atoms with van der Waals surface area (Å²) in [4.78, 5) is 40.0. The van der Waals surface area contributed by atoms with Gasteiger partial charge in [0.05, 0.1) is 11.5 Å². The molecule has 2 heterocycles. The number of Topliss-reactive ketones (excluding diaryl/α,β-unsaturated/α-hetero) is 1. The topological polar surface area (TPSA) is 84.4 Å². The normalized spacial score (nSPS) is 12.2. The minimum atomic E-state index is -0.462. The molecule has 0 radical (unpaired) electrons. The molecule has 0 aliphatic rings. The summed E-state index contributed by atoms with van der Waals surface area (Å²) in [5.41, 5.74) is 3.84. The van der Waals surface area contributed by atoms with Gasteiger partial charge >= 0.3 is 0 Å². The van der Waals surface area contributed by atoms with Crippen LogP contribution >= 0.6 is 11.3 Å². The number of nitrogens with zero attached hydrogens (tertiary/aromatic N) is 3. The van der Waals surface area contributed by atoms with Crippen molar-refractivity contribution in [2.45, 2.75) is 84.5 Å². The van der Waals surface area contributed by atoms with E-state index in [1.807, 2.05) is 87.2 Å². The lowest BCUT2D eigenvalue weighted by atomic mass is 9.92. The van der Waals surface area contributed by atoms with E-state index in [0.29, 0.717) is 23.7 Å². The molecular formula is C41H54N4O3S. The van der Waals surface area contributed by atoms with Gasteiger partial charge in [-0.25, -0.2) is 9.97 Å². The molecule has 0 saturated carbocycles. The number of carbonyl (C=O) groups excluding carboxylic acids is 2. The second kappa shape index (κ2) is 18.8. The summed E-state index contributed by atoms with van der Waals surface area (Å²) in [7, 11) is 4.04.